The van der Waals surface area contributed by atoms with Crippen molar-refractivity contribution in [1.29, 1.82) is 0 Å². The van der Waals surface area contributed by atoms with E-state index < -0.39 is 17.5 Å². The van der Waals surface area contributed by atoms with E-state index in [0.717, 1.165) is 0 Å². The van der Waals surface area contributed by atoms with Gasteiger partial charge in [0, 0.05) is 0 Å². The highest BCUT2D eigenvalue weighted by Crippen LogP contribution is 2.23. The van der Waals surface area contributed by atoms with E-state index >= 15 is 0 Å². The highest BCUT2D eigenvalue weighted by Gasteiger charge is 2.34. The van der Waals surface area contributed by atoms with E-state index in [4.69, 9.17) is 0 Å². The summed E-state index contributed by atoms with van der Waals surface area (Å²) in [5.41, 5.74) is -1.15. The summed E-state index contributed by atoms with van der Waals surface area (Å²) in [6.45, 7) is 6.90. The molecular formula is C9H16O3. The first-order chi connectivity index (χ1) is 5.51. The van der Waals surface area contributed by atoms with Gasteiger partial charge in [-0.3, -0.25) is 4.79 Å². The lowest BCUT2D eigenvalue weighted by Crippen LogP contribution is -2.38. The molecule has 0 saturated heterocycles. The van der Waals surface area contributed by atoms with Gasteiger partial charge in [-0.05, 0) is 13.3 Å². The maximum Gasteiger partial charge on any atom is 0.311 e. The Balaban J connectivity index is 4.51. The normalized spacial score (nSPS) is 17.7. The van der Waals surface area contributed by atoms with E-state index in [1.165, 1.54) is 13.2 Å². The Morgan fingerprint density at radius 1 is 1.83 bits per heavy atom. The zero-order valence-corrected chi connectivity index (χ0v) is 7.83. The van der Waals surface area contributed by atoms with Crippen LogP contribution in [0.3, 0.4) is 0 Å². The van der Waals surface area contributed by atoms with Crippen molar-refractivity contribution in [2.45, 2.75) is 25.9 Å². The molecule has 1 N–H and O–H groups in total. The Morgan fingerprint density at radius 3 is 2.58 bits per heavy atom. The predicted molar refractivity (Wildman–Crippen MR) is 46.6 cm³/mol. The molecule has 0 fully saturated rings. The summed E-state index contributed by atoms with van der Waals surface area (Å²) < 4.78 is 4.52. The molecule has 0 aliphatic carbocycles. The number of hydrogen-bond donors (Lipinski definition) is 1. The van der Waals surface area contributed by atoms with Gasteiger partial charge in [0.2, 0.25) is 0 Å². The van der Waals surface area contributed by atoms with E-state index in [1.807, 2.05) is 0 Å². The third kappa shape index (κ3) is 2.08. The predicted octanol–water partition coefficient (Wildman–Crippen LogP) is 1.12. The lowest BCUT2D eigenvalue weighted by molar-refractivity contribution is -0.151. The number of aliphatic hydroxyl groups is 1. The molecule has 0 radical (unpaired) electrons. The summed E-state index contributed by atoms with van der Waals surface area (Å²) >= 11 is 0. The van der Waals surface area contributed by atoms with Crippen LogP contribution in [0.5, 0.6) is 0 Å². The molecule has 12 heavy (non-hydrogen) atoms. The van der Waals surface area contributed by atoms with E-state index in [0.29, 0.717) is 6.42 Å². The summed E-state index contributed by atoms with van der Waals surface area (Å²) in [6.07, 6.45) is 1.83. The summed E-state index contributed by atoms with van der Waals surface area (Å²) in [5.74, 6) is -0.982. The molecule has 0 aliphatic heterocycles. The zero-order chi connectivity index (χ0) is 9.78. The molecule has 0 aromatic rings. The fourth-order valence-corrected chi connectivity index (χ4v) is 1.01. The van der Waals surface area contributed by atoms with Crippen LogP contribution in [0.15, 0.2) is 12.7 Å². The molecule has 70 valence electrons. The first kappa shape index (κ1) is 11.2. The first-order valence-electron chi connectivity index (χ1n) is 3.95. The molecule has 0 bridgehead atoms. The Labute approximate surface area is 73.0 Å². The van der Waals surface area contributed by atoms with E-state index in [2.05, 4.69) is 11.3 Å². The monoisotopic (exact) mass is 172 g/mol. The van der Waals surface area contributed by atoms with Crippen LogP contribution >= 0.6 is 0 Å². The highest BCUT2D eigenvalue weighted by molar-refractivity contribution is 5.73. The number of ether oxygens (including phenoxy) is 1. The van der Waals surface area contributed by atoms with Crippen molar-refractivity contribution in [3.63, 3.8) is 0 Å². The van der Waals surface area contributed by atoms with Gasteiger partial charge in [-0.1, -0.05) is 13.0 Å². The lowest BCUT2D eigenvalue weighted by atomic mass is 9.86. The number of hydrogen-bond acceptors (Lipinski definition) is 3. The van der Waals surface area contributed by atoms with Gasteiger partial charge in [0.15, 0.2) is 0 Å². The molecule has 2 atom stereocenters. The molecule has 2 unspecified atom stereocenters. The average molecular weight is 172 g/mol. The van der Waals surface area contributed by atoms with Crippen molar-refractivity contribution >= 4 is 5.97 Å². The second kappa shape index (κ2) is 4.26. The van der Waals surface area contributed by atoms with Crippen LogP contribution in [-0.2, 0) is 9.53 Å². The van der Waals surface area contributed by atoms with Gasteiger partial charge in [-0.25, -0.2) is 0 Å². The minimum absolute atomic E-state index is 0.417. The molecule has 0 amide bonds. The fraction of sp³-hybridized carbons (Fsp3) is 0.667. The van der Waals surface area contributed by atoms with Crippen LogP contribution in [0.1, 0.15) is 20.3 Å². The van der Waals surface area contributed by atoms with Gasteiger partial charge in [0.25, 0.3) is 0 Å². The van der Waals surface area contributed by atoms with E-state index in [1.54, 1.807) is 13.8 Å². The largest absolute Gasteiger partial charge is 0.469 e. The molecule has 0 spiro atoms. The molecule has 0 heterocycles. The molecular weight excluding hydrogens is 156 g/mol. The maximum atomic E-state index is 11.0. The SMILES string of the molecule is C=CC(O)(CC)C(C)C(=O)OC. The number of methoxy groups -OCH3 is 1. The summed E-state index contributed by atoms with van der Waals surface area (Å²) in [6, 6.07) is 0. The second-order valence-electron chi connectivity index (χ2n) is 2.79. The molecule has 0 aliphatic rings. The zero-order valence-electron chi connectivity index (χ0n) is 7.83. The van der Waals surface area contributed by atoms with Crippen molar-refractivity contribution in [2.75, 3.05) is 7.11 Å². The molecule has 3 nitrogen and oxygen atoms in total. The van der Waals surface area contributed by atoms with Crippen LogP contribution in [0.2, 0.25) is 0 Å². The van der Waals surface area contributed by atoms with Crippen LogP contribution in [0, 0.1) is 5.92 Å². The van der Waals surface area contributed by atoms with Crippen molar-refractivity contribution in [3.05, 3.63) is 12.7 Å². The highest BCUT2D eigenvalue weighted by atomic mass is 16.5. The van der Waals surface area contributed by atoms with Gasteiger partial charge < -0.3 is 9.84 Å². The van der Waals surface area contributed by atoms with E-state index in [-0.39, 0.29) is 0 Å². The molecule has 0 saturated carbocycles. The number of carbonyl (C=O) groups excluding carboxylic acids is 1. The molecule has 0 aromatic heterocycles. The molecule has 3 heteroatoms. The van der Waals surface area contributed by atoms with Gasteiger partial charge in [0.1, 0.15) is 0 Å². The average Bonchev–Trinajstić information content (AvgIpc) is 2.14. The van der Waals surface area contributed by atoms with Crippen molar-refractivity contribution in [2.24, 2.45) is 5.92 Å². The third-order valence-electron chi connectivity index (χ3n) is 2.22. The number of carbonyl (C=O) groups is 1. The van der Waals surface area contributed by atoms with Crippen LogP contribution in [0.4, 0.5) is 0 Å². The molecule has 0 aromatic carbocycles. The van der Waals surface area contributed by atoms with Gasteiger partial charge >= 0.3 is 5.97 Å². The minimum atomic E-state index is -1.15. The second-order valence-corrected chi connectivity index (χ2v) is 2.79. The smallest absolute Gasteiger partial charge is 0.311 e. The Kier molecular flexibility index (Phi) is 3.96. The summed E-state index contributed by atoms with van der Waals surface area (Å²) in [7, 11) is 1.30. The number of esters is 1. The lowest BCUT2D eigenvalue weighted by Gasteiger charge is -2.27. The summed E-state index contributed by atoms with van der Waals surface area (Å²) in [4.78, 5) is 11.0. The Bertz CT molecular complexity index is 177. The summed E-state index contributed by atoms with van der Waals surface area (Å²) in [5, 5.41) is 9.78. The van der Waals surface area contributed by atoms with Crippen molar-refractivity contribution < 1.29 is 14.6 Å². The van der Waals surface area contributed by atoms with Crippen LogP contribution < -0.4 is 0 Å². The van der Waals surface area contributed by atoms with Crippen LogP contribution in [0.25, 0.3) is 0 Å². The minimum Gasteiger partial charge on any atom is -0.469 e. The van der Waals surface area contributed by atoms with Gasteiger partial charge in [-0.2, -0.15) is 0 Å². The van der Waals surface area contributed by atoms with E-state index in [9.17, 15) is 9.90 Å². The quantitative estimate of drug-likeness (QED) is 0.510. The Morgan fingerprint density at radius 2 is 2.33 bits per heavy atom. The topological polar surface area (TPSA) is 46.5 Å². The van der Waals surface area contributed by atoms with Crippen molar-refractivity contribution in [3.8, 4) is 0 Å². The standard InChI is InChI=1S/C9H16O3/c1-5-9(11,6-2)7(3)8(10)12-4/h5,7,11H,1,6H2,2-4H3. The Hall–Kier alpha value is -0.830. The molecule has 0 rings (SSSR count). The van der Waals surface area contributed by atoms with Crippen molar-refractivity contribution in [1.82, 2.24) is 0 Å². The van der Waals surface area contributed by atoms with Gasteiger partial charge in [0.05, 0.1) is 18.6 Å². The fourth-order valence-electron chi connectivity index (χ4n) is 1.01. The maximum absolute atomic E-state index is 11.0. The first-order valence-corrected chi connectivity index (χ1v) is 3.95. The number of rotatable bonds is 4. The van der Waals surface area contributed by atoms with Crippen LogP contribution in [-0.4, -0.2) is 23.8 Å². The van der Waals surface area contributed by atoms with Gasteiger partial charge in [-0.15, -0.1) is 6.58 Å². The third-order valence-corrected chi connectivity index (χ3v) is 2.22.